The highest BCUT2D eigenvalue weighted by atomic mass is 16.6. The number of alkyl carbamates (subject to hydrolysis) is 1. The minimum atomic E-state index is -1.23. The van der Waals surface area contributed by atoms with Crippen molar-refractivity contribution in [2.24, 2.45) is 0 Å². The molecule has 216 valence electrons. The molecule has 0 saturated carbocycles. The molecule has 1 unspecified atom stereocenters. The number of carbonyl (C=O) groups is 6. The fourth-order valence-electron chi connectivity index (χ4n) is 5.23. The van der Waals surface area contributed by atoms with Crippen LogP contribution in [0, 0.1) is 0 Å². The predicted molar refractivity (Wildman–Crippen MR) is 151 cm³/mol. The SMILES string of the molecule is CC(C)(C)OC(=O)N[C@H]1CC(=O)c2ccccc2N(CC(=O)Nc2ccc3c(c2)CC2(C3)NC(=O)NC2=O)C1=O.[HH].[HH].[HH].[HH]. The zero-order valence-electron chi connectivity index (χ0n) is 22.3. The fraction of sp³-hybridized carbons (Fsp3) is 0.357. The summed E-state index contributed by atoms with van der Waals surface area (Å²) < 4.78 is 5.26. The maximum atomic E-state index is 13.5. The number of Topliss-reactive ketones (excluding diaryl/α,β-unsaturated/α-hetero) is 1. The number of carbonyl (C=O) groups excluding carboxylic acids is 6. The third kappa shape index (κ3) is 5.24. The third-order valence-electron chi connectivity index (χ3n) is 6.93. The number of ketones is 1. The maximum Gasteiger partial charge on any atom is 0.408 e. The summed E-state index contributed by atoms with van der Waals surface area (Å²) in [6.45, 7) is 4.61. The van der Waals surface area contributed by atoms with E-state index in [0.29, 0.717) is 12.1 Å². The number of hydrogen-bond acceptors (Lipinski definition) is 7. The predicted octanol–water partition coefficient (Wildman–Crippen LogP) is 2.80. The number of rotatable bonds is 4. The van der Waals surface area contributed by atoms with Crippen LogP contribution in [0.25, 0.3) is 0 Å². The molecule has 4 N–H and O–H groups in total. The lowest BCUT2D eigenvalue weighted by molar-refractivity contribution is -0.123. The Kier molecular flexibility index (Phi) is 6.56. The first-order chi connectivity index (χ1) is 18.8. The van der Waals surface area contributed by atoms with Gasteiger partial charge >= 0.3 is 12.1 Å². The zero-order chi connectivity index (χ0) is 28.8. The van der Waals surface area contributed by atoms with Gasteiger partial charge in [-0.3, -0.25) is 24.5 Å². The van der Waals surface area contributed by atoms with Crippen LogP contribution in [0.3, 0.4) is 0 Å². The Morgan fingerprint density at radius 1 is 1.07 bits per heavy atom. The van der Waals surface area contributed by atoms with Crippen LogP contribution >= 0.6 is 0 Å². The third-order valence-corrected chi connectivity index (χ3v) is 6.93. The van der Waals surface area contributed by atoms with Gasteiger partial charge in [0.2, 0.25) is 5.91 Å². The van der Waals surface area contributed by atoms with E-state index >= 15 is 0 Å². The van der Waals surface area contributed by atoms with Crippen molar-refractivity contribution in [3.05, 3.63) is 59.2 Å². The molecule has 0 bridgehead atoms. The molecular weight excluding hydrogens is 518 g/mol. The minimum Gasteiger partial charge on any atom is -0.444 e. The average molecular weight is 556 g/mol. The number of benzene rings is 2. The lowest BCUT2D eigenvalue weighted by Crippen LogP contribution is -2.51. The van der Waals surface area contributed by atoms with E-state index in [9.17, 15) is 28.8 Å². The van der Waals surface area contributed by atoms with Gasteiger partial charge in [-0.1, -0.05) is 18.2 Å². The molecule has 2 aromatic carbocycles. The van der Waals surface area contributed by atoms with Gasteiger partial charge in [0.05, 0.1) is 5.69 Å². The summed E-state index contributed by atoms with van der Waals surface area (Å²) in [6.07, 6.45) is -0.518. The summed E-state index contributed by atoms with van der Waals surface area (Å²) in [4.78, 5) is 77.3. The first-order valence-electron chi connectivity index (χ1n) is 12.8. The van der Waals surface area contributed by atoms with E-state index in [-0.39, 0.29) is 41.5 Å². The molecule has 2 atom stereocenters. The summed E-state index contributed by atoms with van der Waals surface area (Å²) in [7, 11) is 0. The number of hydrogen-bond donors (Lipinski definition) is 4. The van der Waals surface area contributed by atoms with E-state index < -0.39 is 47.7 Å². The average Bonchev–Trinajstić information content (AvgIpc) is 3.33. The number of ether oxygens (including phenoxy) is 1. The first kappa shape index (κ1) is 26.9. The number of para-hydroxylation sites is 1. The van der Waals surface area contributed by atoms with E-state index in [1.807, 2.05) is 0 Å². The fourth-order valence-corrected chi connectivity index (χ4v) is 5.23. The highest BCUT2D eigenvalue weighted by molar-refractivity contribution is 6.15. The van der Waals surface area contributed by atoms with E-state index in [0.717, 1.165) is 11.1 Å². The molecule has 12 nitrogen and oxygen atoms in total. The molecule has 2 aliphatic heterocycles. The first-order valence-corrected chi connectivity index (χ1v) is 12.8. The van der Waals surface area contributed by atoms with Gasteiger partial charge in [0.15, 0.2) is 5.78 Å². The van der Waals surface area contributed by atoms with E-state index in [4.69, 9.17) is 4.74 Å². The number of imide groups is 1. The molecule has 2 heterocycles. The van der Waals surface area contributed by atoms with Crippen LogP contribution in [0.5, 0.6) is 0 Å². The Bertz CT molecular complexity index is 1480. The molecule has 1 aliphatic carbocycles. The van der Waals surface area contributed by atoms with E-state index in [1.165, 1.54) is 4.90 Å². The minimum absolute atomic E-state index is 0. The van der Waals surface area contributed by atoms with Crippen LogP contribution in [0.15, 0.2) is 42.5 Å². The van der Waals surface area contributed by atoms with Crippen molar-refractivity contribution < 1.29 is 39.2 Å². The Balaban J connectivity index is 0.00000242. The normalized spacial score (nSPS) is 21.8. The van der Waals surface area contributed by atoms with Crippen molar-refractivity contribution in [1.82, 2.24) is 16.0 Å². The molecular formula is C28H37N5O7. The van der Waals surface area contributed by atoms with Gasteiger partial charge in [0, 0.05) is 36.2 Å². The van der Waals surface area contributed by atoms with Gasteiger partial charge in [-0.2, -0.15) is 0 Å². The van der Waals surface area contributed by atoms with Gasteiger partial charge in [0.1, 0.15) is 23.7 Å². The molecule has 1 saturated heterocycles. The van der Waals surface area contributed by atoms with Crippen molar-refractivity contribution in [1.29, 1.82) is 0 Å². The van der Waals surface area contributed by atoms with Gasteiger partial charge in [-0.15, -0.1) is 0 Å². The molecule has 6 amide bonds. The van der Waals surface area contributed by atoms with Crippen LogP contribution in [0.2, 0.25) is 0 Å². The van der Waals surface area contributed by atoms with Crippen LogP contribution in [-0.2, 0) is 32.0 Å². The zero-order valence-corrected chi connectivity index (χ0v) is 22.3. The highest BCUT2D eigenvalue weighted by Crippen LogP contribution is 2.34. The second-order valence-electron chi connectivity index (χ2n) is 11.1. The quantitative estimate of drug-likeness (QED) is 0.422. The maximum absolute atomic E-state index is 13.5. The van der Waals surface area contributed by atoms with Gasteiger partial charge in [0.25, 0.3) is 11.8 Å². The van der Waals surface area contributed by atoms with Crippen LogP contribution in [0.4, 0.5) is 21.0 Å². The molecule has 1 spiro atoms. The molecule has 5 rings (SSSR count). The second-order valence-corrected chi connectivity index (χ2v) is 11.1. The number of amides is 6. The molecule has 0 radical (unpaired) electrons. The Morgan fingerprint density at radius 3 is 2.50 bits per heavy atom. The summed E-state index contributed by atoms with van der Waals surface area (Å²) in [5.41, 5.74) is 0.803. The van der Waals surface area contributed by atoms with Crippen molar-refractivity contribution in [3.63, 3.8) is 0 Å². The monoisotopic (exact) mass is 555 g/mol. The Hall–Kier alpha value is -4.74. The topological polar surface area (TPSA) is 163 Å². The number of fused-ring (bicyclic) bond motifs is 2. The molecule has 0 aromatic heterocycles. The lowest BCUT2D eigenvalue weighted by atomic mass is 9.96. The largest absolute Gasteiger partial charge is 0.444 e. The Morgan fingerprint density at radius 2 is 1.80 bits per heavy atom. The molecule has 40 heavy (non-hydrogen) atoms. The lowest BCUT2D eigenvalue weighted by Gasteiger charge is -2.26. The summed E-state index contributed by atoms with van der Waals surface area (Å²) in [5.74, 6) is -1.91. The molecule has 12 heteroatoms. The second kappa shape index (κ2) is 9.78. The summed E-state index contributed by atoms with van der Waals surface area (Å²) in [6, 6.07) is 9.88. The number of urea groups is 1. The van der Waals surface area contributed by atoms with Crippen molar-refractivity contribution in [2.75, 3.05) is 16.8 Å². The molecule has 2 aromatic rings. The van der Waals surface area contributed by atoms with Crippen LogP contribution < -0.4 is 26.2 Å². The van der Waals surface area contributed by atoms with Gasteiger partial charge < -0.3 is 25.6 Å². The van der Waals surface area contributed by atoms with Gasteiger partial charge in [-0.25, -0.2) is 9.59 Å². The molecule has 3 aliphatic rings. The summed E-state index contributed by atoms with van der Waals surface area (Å²) >= 11 is 0. The van der Waals surface area contributed by atoms with Crippen molar-refractivity contribution in [3.8, 4) is 0 Å². The van der Waals surface area contributed by atoms with Crippen molar-refractivity contribution >= 4 is 47.0 Å². The number of anilines is 2. The molecule has 1 fully saturated rings. The van der Waals surface area contributed by atoms with Gasteiger partial charge in [-0.05, 0) is 56.2 Å². The standard InChI is InChI=1S/C28H29N5O7.4H2/c1-27(2,3)40-26(39)30-19-11-21(34)18-6-4-5-7-20(18)33(23(19)36)14-22(35)29-17-9-8-15-12-28(13-16(15)10-17)24(37)31-25(38)32-28;;;;/h4-10,19H,11-14H2,1-3H3,(H,29,35)(H,30,39)(H2,31,32,37,38);4*1H/t19-,28?;;;;/m0..../s1. The van der Waals surface area contributed by atoms with Crippen LogP contribution in [0.1, 0.15) is 54.4 Å². The highest BCUT2D eigenvalue weighted by Gasteiger charge is 2.50. The van der Waals surface area contributed by atoms with Crippen LogP contribution in [-0.4, -0.2) is 59.4 Å². The van der Waals surface area contributed by atoms with Crippen molar-refractivity contribution in [2.45, 2.75) is 57.2 Å². The number of nitrogens with zero attached hydrogens (tertiary/aromatic N) is 1. The summed E-state index contributed by atoms with van der Waals surface area (Å²) in [5, 5.41) is 10.2. The Labute approximate surface area is 235 Å². The van der Waals surface area contributed by atoms with E-state index in [1.54, 1.807) is 63.2 Å². The number of nitrogens with one attached hydrogen (secondary N) is 4. The smallest absolute Gasteiger partial charge is 0.408 e. The van der Waals surface area contributed by atoms with E-state index in [2.05, 4.69) is 21.3 Å².